The lowest BCUT2D eigenvalue weighted by molar-refractivity contribution is 0.136. The van der Waals surface area contributed by atoms with Crippen molar-refractivity contribution in [2.45, 2.75) is 39.0 Å². The maximum Gasteiger partial charge on any atom is 0.469 e. The van der Waals surface area contributed by atoms with E-state index < -0.39 is 7.82 Å². The summed E-state index contributed by atoms with van der Waals surface area (Å²) in [4.78, 5) is 20.2. The van der Waals surface area contributed by atoms with Gasteiger partial charge in [-0.25, -0.2) is 4.57 Å². The minimum atomic E-state index is -4.22. The molecule has 0 rings (SSSR count). The molecule has 0 heterocycles. The van der Waals surface area contributed by atoms with Crippen molar-refractivity contribution >= 4 is 7.82 Å². The van der Waals surface area contributed by atoms with Gasteiger partial charge in [-0.3, -0.25) is 14.3 Å². The summed E-state index contributed by atoms with van der Waals surface area (Å²) in [5.41, 5.74) is 0. The first-order valence-electron chi connectivity index (χ1n) is 11.1. The number of phosphoric acid groups is 1. The summed E-state index contributed by atoms with van der Waals surface area (Å²) in [5.74, 6) is 0. The van der Waals surface area contributed by atoms with Crippen LogP contribution < -0.4 is 0 Å². The van der Waals surface area contributed by atoms with Gasteiger partial charge in [0, 0.05) is 39.3 Å². The van der Waals surface area contributed by atoms with Crippen LogP contribution in [0.1, 0.15) is 39.0 Å². The van der Waals surface area contributed by atoms with Crippen LogP contribution in [0.2, 0.25) is 0 Å². The molecule has 13 heteroatoms. The molecule has 0 saturated carbocycles. The first kappa shape index (κ1) is 36.4. The first-order chi connectivity index (χ1) is 15.3. The number of unbranched alkanes of at least 4 members (excludes halogenated alkanes) is 4. The SMILES string of the molecule is CCCCCCCOP(=O)(O)O.OCCN(CCO)CCO.OCCN(CCO)CCO. The third-order valence-electron chi connectivity index (χ3n) is 4.00. The van der Waals surface area contributed by atoms with Gasteiger partial charge in [-0.15, -0.1) is 0 Å². The van der Waals surface area contributed by atoms with Crippen LogP contribution in [-0.2, 0) is 9.09 Å². The van der Waals surface area contributed by atoms with Crippen LogP contribution in [0.3, 0.4) is 0 Å². The van der Waals surface area contributed by atoms with Crippen LogP contribution in [0.25, 0.3) is 0 Å². The van der Waals surface area contributed by atoms with Gasteiger partial charge in [-0.2, -0.15) is 0 Å². The van der Waals surface area contributed by atoms with Gasteiger partial charge < -0.3 is 40.4 Å². The Morgan fingerprint density at radius 3 is 1.16 bits per heavy atom. The van der Waals surface area contributed by atoms with Crippen molar-refractivity contribution < 1.29 is 49.5 Å². The third kappa shape index (κ3) is 34.4. The number of hydrogen-bond acceptors (Lipinski definition) is 10. The van der Waals surface area contributed by atoms with E-state index in [2.05, 4.69) is 11.4 Å². The monoisotopic (exact) mass is 494 g/mol. The second-order valence-electron chi connectivity index (χ2n) is 6.76. The van der Waals surface area contributed by atoms with Crippen molar-refractivity contribution in [2.75, 3.05) is 85.5 Å². The lowest BCUT2D eigenvalue weighted by atomic mass is 10.2. The van der Waals surface area contributed by atoms with Gasteiger partial charge in [-0.05, 0) is 6.42 Å². The molecule has 0 radical (unpaired) electrons. The highest BCUT2D eigenvalue weighted by Gasteiger charge is 2.12. The normalized spacial score (nSPS) is 11.2. The van der Waals surface area contributed by atoms with Crippen molar-refractivity contribution in [3.8, 4) is 0 Å². The summed E-state index contributed by atoms with van der Waals surface area (Å²) >= 11 is 0. The highest BCUT2D eigenvalue weighted by molar-refractivity contribution is 7.46. The van der Waals surface area contributed by atoms with E-state index in [0.717, 1.165) is 19.3 Å². The van der Waals surface area contributed by atoms with E-state index >= 15 is 0 Å². The minimum Gasteiger partial charge on any atom is -0.395 e. The molecule has 0 spiro atoms. The number of rotatable bonds is 19. The Kier molecular flexibility index (Phi) is 32.7. The predicted molar refractivity (Wildman–Crippen MR) is 122 cm³/mol. The van der Waals surface area contributed by atoms with E-state index in [-0.39, 0.29) is 46.2 Å². The van der Waals surface area contributed by atoms with Gasteiger partial charge >= 0.3 is 7.82 Å². The quantitative estimate of drug-likeness (QED) is 0.0774. The average Bonchev–Trinajstić information content (AvgIpc) is 2.72. The lowest BCUT2D eigenvalue weighted by Gasteiger charge is -2.17. The number of nitrogens with zero attached hydrogens (tertiary/aromatic N) is 2. The molecule has 0 aliphatic rings. The maximum atomic E-state index is 10.2. The van der Waals surface area contributed by atoms with Crippen molar-refractivity contribution in [1.82, 2.24) is 9.80 Å². The van der Waals surface area contributed by atoms with Gasteiger partial charge in [0.15, 0.2) is 0 Å². The molecule has 0 aliphatic heterocycles. The molecule has 12 nitrogen and oxygen atoms in total. The Labute approximate surface area is 192 Å². The molecule has 0 atom stereocenters. The Morgan fingerprint density at radius 2 is 0.906 bits per heavy atom. The molecule has 0 aromatic carbocycles. The zero-order valence-electron chi connectivity index (χ0n) is 19.5. The van der Waals surface area contributed by atoms with Gasteiger partial charge in [0.1, 0.15) is 0 Å². The number of hydrogen-bond donors (Lipinski definition) is 8. The zero-order valence-corrected chi connectivity index (χ0v) is 20.4. The second kappa shape index (κ2) is 28.8. The summed E-state index contributed by atoms with van der Waals surface area (Å²) in [7, 11) is -4.22. The molecule has 198 valence electrons. The molecule has 32 heavy (non-hydrogen) atoms. The molecule has 0 aliphatic carbocycles. The minimum absolute atomic E-state index is 0.0694. The summed E-state index contributed by atoms with van der Waals surface area (Å²) < 4.78 is 14.5. The van der Waals surface area contributed by atoms with E-state index in [1.807, 2.05) is 0 Å². The van der Waals surface area contributed by atoms with Gasteiger partial charge in [0.25, 0.3) is 0 Å². The van der Waals surface area contributed by atoms with Crippen LogP contribution >= 0.6 is 7.82 Å². The van der Waals surface area contributed by atoms with Crippen LogP contribution in [0, 0.1) is 0 Å². The molecule has 8 N–H and O–H groups in total. The Hall–Kier alpha value is -0.210. The maximum absolute atomic E-state index is 10.2. The fourth-order valence-corrected chi connectivity index (χ4v) is 2.78. The highest BCUT2D eigenvalue weighted by Crippen LogP contribution is 2.35. The molecular weight excluding hydrogens is 447 g/mol. The van der Waals surface area contributed by atoms with Gasteiger partial charge in [0.2, 0.25) is 0 Å². The van der Waals surface area contributed by atoms with Crippen molar-refractivity contribution in [2.24, 2.45) is 0 Å². The molecule has 0 aromatic rings. The topological polar surface area (TPSA) is 195 Å². The van der Waals surface area contributed by atoms with E-state index in [0.29, 0.717) is 39.3 Å². The van der Waals surface area contributed by atoms with E-state index in [9.17, 15) is 4.57 Å². The van der Waals surface area contributed by atoms with Gasteiger partial charge in [0.05, 0.1) is 46.2 Å². The summed E-state index contributed by atoms with van der Waals surface area (Å²) in [5, 5.41) is 50.9. The summed E-state index contributed by atoms with van der Waals surface area (Å²) in [6.07, 6.45) is 5.16. The number of phosphoric ester groups is 1. The number of aliphatic hydroxyl groups excluding tert-OH is 6. The Morgan fingerprint density at radius 1 is 0.594 bits per heavy atom. The Bertz CT molecular complexity index is 345. The van der Waals surface area contributed by atoms with Gasteiger partial charge in [-0.1, -0.05) is 32.6 Å². The van der Waals surface area contributed by atoms with Crippen molar-refractivity contribution in [1.29, 1.82) is 0 Å². The number of aliphatic hydroxyl groups is 6. The van der Waals surface area contributed by atoms with Crippen LogP contribution in [0.15, 0.2) is 0 Å². The average molecular weight is 495 g/mol. The van der Waals surface area contributed by atoms with Crippen LogP contribution in [0.4, 0.5) is 0 Å². The van der Waals surface area contributed by atoms with Crippen molar-refractivity contribution in [3.05, 3.63) is 0 Å². The Balaban J connectivity index is -0.000000397. The molecule has 0 aromatic heterocycles. The molecule has 0 fully saturated rings. The highest BCUT2D eigenvalue weighted by atomic mass is 31.2. The molecule has 0 unspecified atom stereocenters. The third-order valence-corrected chi connectivity index (χ3v) is 4.52. The molecule has 0 amide bonds. The van der Waals surface area contributed by atoms with E-state index in [1.54, 1.807) is 9.80 Å². The summed E-state index contributed by atoms with van der Waals surface area (Å²) in [6.45, 7) is 5.78. The molecule has 0 saturated heterocycles. The predicted octanol–water partition coefficient (Wildman–Crippen LogP) is -1.40. The first-order valence-corrected chi connectivity index (χ1v) is 12.6. The van der Waals surface area contributed by atoms with Crippen LogP contribution in [-0.4, -0.2) is 136 Å². The standard InChI is InChI=1S/C7H17O4P.2C6H15NO3/c1-2-3-4-5-6-7-11-12(8,9)10;2*8-4-1-7(2-5-9)3-6-10/h2-7H2,1H3,(H2,8,9,10);2*8-10H,1-6H2. The second-order valence-corrected chi connectivity index (χ2v) is 8.00. The zero-order chi connectivity index (χ0) is 25.1. The van der Waals surface area contributed by atoms with E-state index in [1.165, 1.54) is 12.8 Å². The largest absolute Gasteiger partial charge is 0.469 e. The fraction of sp³-hybridized carbons (Fsp3) is 1.00. The van der Waals surface area contributed by atoms with E-state index in [4.69, 9.17) is 40.4 Å². The smallest absolute Gasteiger partial charge is 0.395 e. The summed E-state index contributed by atoms with van der Waals surface area (Å²) in [6, 6.07) is 0. The van der Waals surface area contributed by atoms with Crippen molar-refractivity contribution in [3.63, 3.8) is 0 Å². The molecule has 0 bridgehead atoms. The lowest BCUT2D eigenvalue weighted by Crippen LogP contribution is -2.32. The molecular formula is C19H47N2O10P. The fourth-order valence-electron chi connectivity index (χ4n) is 2.41. The van der Waals surface area contributed by atoms with Crippen LogP contribution in [0.5, 0.6) is 0 Å².